The number of benzene rings is 3. The molecular formula is C21H15NO2P-. The van der Waals surface area contributed by atoms with Crippen LogP contribution in [0.3, 0.4) is 0 Å². The third kappa shape index (κ3) is 3.25. The fourth-order valence-corrected chi connectivity index (χ4v) is 3.68. The molecule has 4 heteroatoms. The smallest absolute Gasteiger partial charge is 0.155 e. The van der Waals surface area contributed by atoms with Crippen LogP contribution in [0.5, 0.6) is 0 Å². The predicted octanol–water partition coefficient (Wildman–Crippen LogP) is 4.66. The summed E-state index contributed by atoms with van der Waals surface area (Å²) in [5, 5.41) is 0. The van der Waals surface area contributed by atoms with Crippen LogP contribution >= 0.6 is 8.38 Å². The fraction of sp³-hybridized carbons (Fsp3) is 0. The molecule has 0 saturated carbocycles. The molecule has 3 nitrogen and oxygen atoms in total. The monoisotopic (exact) mass is 344 g/mol. The van der Waals surface area contributed by atoms with Crippen LogP contribution in [0.15, 0.2) is 96.0 Å². The fourth-order valence-electron chi connectivity index (χ4n) is 2.69. The summed E-state index contributed by atoms with van der Waals surface area (Å²) in [4.78, 5) is 17.5. The maximum Gasteiger partial charge on any atom is 0.155 e. The van der Waals surface area contributed by atoms with Crippen LogP contribution < -0.4 is 4.89 Å². The van der Waals surface area contributed by atoms with E-state index in [1.807, 2.05) is 91.0 Å². The minimum absolute atomic E-state index is 0.467. The number of hydrogen-bond donors (Lipinski definition) is 0. The lowest BCUT2D eigenvalue weighted by Gasteiger charge is -2.32. The third-order valence-corrected chi connectivity index (χ3v) is 4.95. The van der Waals surface area contributed by atoms with Crippen molar-refractivity contribution in [1.29, 1.82) is 0 Å². The standard InChI is InChI=1S/C21H15NO2P/c23-25-21(18-14-8-3-9-15-18)22-19(16-10-4-1-5-11-16)20(24-25)17-12-6-2-7-13-17/h1-15H/q-1. The van der Waals surface area contributed by atoms with Crippen molar-refractivity contribution in [1.82, 2.24) is 0 Å². The first-order valence-corrected chi connectivity index (χ1v) is 9.15. The maximum atomic E-state index is 12.7. The molecule has 0 N–H and O–H groups in total. The largest absolute Gasteiger partial charge is 0.793 e. The summed E-state index contributed by atoms with van der Waals surface area (Å²) in [6, 6.07) is 29.0. The van der Waals surface area contributed by atoms with E-state index in [4.69, 9.17) is 9.52 Å². The predicted molar refractivity (Wildman–Crippen MR) is 101 cm³/mol. The van der Waals surface area contributed by atoms with Gasteiger partial charge in [-0.25, -0.2) is 4.99 Å². The summed E-state index contributed by atoms with van der Waals surface area (Å²) in [6.45, 7) is 0. The van der Waals surface area contributed by atoms with Gasteiger partial charge in [0.15, 0.2) is 5.76 Å². The van der Waals surface area contributed by atoms with E-state index in [1.54, 1.807) is 0 Å². The van der Waals surface area contributed by atoms with Crippen LogP contribution in [-0.2, 0) is 4.52 Å². The summed E-state index contributed by atoms with van der Waals surface area (Å²) in [5.74, 6) is 0.549. The van der Waals surface area contributed by atoms with E-state index < -0.39 is 8.38 Å². The van der Waals surface area contributed by atoms with Crippen molar-refractivity contribution in [2.75, 3.05) is 0 Å². The van der Waals surface area contributed by atoms with Gasteiger partial charge in [-0.15, -0.1) is 0 Å². The summed E-state index contributed by atoms with van der Waals surface area (Å²) in [6.07, 6.45) is 0. The Morgan fingerprint density at radius 2 is 1.12 bits per heavy atom. The van der Waals surface area contributed by atoms with Crippen molar-refractivity contribution in [3.63, 3.8) is 0 Å². The first-order chi connectivity index (χ1) is 12.3. The van der Waals surface area contributed by atoms with Gasteiger partial charge in [0.25, 0.3) is 0 Å². The third-order valence-electron chi connectivity index (χ3n) is 3.90. The van der Waals surface area contributed by atoms with Crippen molar-refractivity contribution >= 4 is 25.3 Å². The van der Waals surface area contributed by atoms with Crippen molar-refractivity contribution in [3.05, 3.63) is 108 Å². The highest BCUT2D eigenvalue weighted by atomic mass is 31.2. The van der Waals surface area contributed by atoms with Gasteiger partial charge < -0.3 is 9.42 Å². The molecule has 0 spiro atoms. The quantitative estimate of drug-likeness (QED) is 0.649. The highest BCUT2D eigenvalue weighted by Gasteiger charge is 2.23. The van der Waals surface area contributed by atoms with Crippen LogP contribution in [0.2, 0.25) is 0 Å². The molecule has 1 unspecified atom stereocenters. The number of aliphatic imine (C=N–C) groups is 1. The average molecular weight is 344 g/mol. The average Bonchev–Trinajstić information content (AvgIpc) is 2.70. The molecule has 0 aliphatic carbocycles. The Morgan fingerprint density at radius 3 is 1.68 bits per heavy atom. The molecule has 0 aromatic heterocycles. The molecule has 25 heavy (non-hydrogen) atoms. The molecule has 1 aliphatic rings. The van der Waals surface area contributed by atoms with Gasteiger partial charge in [0, 0.05) is 16.7 Å². The van der Waals surface area contributed by atoms with Gasteiger partial charge in [0.05, 0.1) is 13.8 Å². The zero-order valence-corrected chi connectivity index (χ0v) is 14.3. The molecule has 122 valence electrons. The number of nitrogens with zero attached hydrogens (tertiary/aromatic N) is 1. The Labute approximate surface area is 147 Å². The van der Waals surface area contributed by atoms with Gasteiger partial charge in [0.1, 0.15) is 5.70 Å². The molecule has 0 amide bonds. The van der Waals surface area contributed by atoms with Crippen molar-refractivity contribution < 1.29 is 9.42 Å². The summed E-state index contributed by atoms with van der Waals surface area (Å²) in [7, 11) is -2.07. The molecule has 4 rings (SSSR count). The molecule has 0 fully saturated rings. The molecule has 1 aliphatic heterocycles. The van der Waals surface area contributed by atoms with E-state index in [0.717, 1.165) is 16.7 Å². The van der Waals surface area contributed by atoms with Gasteiger partial charge in [0.2, 0.25) is 0 Å². The van der Waals surface area contributed by atoms with E-state index in [2.05, 4.69) is 0 Å². The molecule has 0 bridgehead atoms. The SMILES string of the molecule is [O-]P1OC(c2ccccc2)=C(c2ccccc2)N=C1c1ccccc1. The van der Waals surface area contributed by atoms with Crippen molar-refractivity contribution in [2.45, 2.75) is 0 Å². The first kappa shape index (κ1) is 15.8. The Morgan fingerprint density at radius 1 is 0.640 bits per heavy atom. The van der Waals surface area contributed by atoms with E-state index in [1.165, 1.54) is 0 Å². The molecule has 3 aromatic carbocycles. The molecule has 3 aromatic rings. The van der Waals surface area contributed by atoms with Crippen LogP contribution in [0.25, 0.3) is 11.5 Å². The minimum Gasteiger partial charge on any atom is -0.793 e. The maximum absolute atomic E-state index is 12.7. The lowest BCUT2D eigenvalue weighted by molar-refractivity contribution is -0.170. The van der Waals surface area contributed by atoms with Gasteiger partial charge in [-0.1, -0.05) is 91.0 Å². The lowest BCUT2D eigenvalue weighted by Crippen LogP contribution is -2.15. The second kappa shape index (κ2) is 7.02. The summed E-state index contributed by atoms with van der Waals surface area (Å²) in [5.41, 5.74) is 3.76. The van der Waals surface area contributed by atoms with Gasteiger partial charge in [-0.05, 0) is 0 Å². The normalized spacial score (nSPS) is 17.0. The molecule has 1 heterocycles. The van der Waals surface area contributed by atoms with Crippen LogP contribution in [0.1, 0.15) is 16.7 Å². The Kier molecular flexibility index (Phi) is 4.43. The highest BCUT2D eigenvalue weighted by molar-refractivity contribution is 7.65. The lowest BCUT2D eigenvalue weighted by atomic mass is 10.1. The van der Waals surface area contributed by atoms with Crippen molar-refractivity contribution in [2.24, 2.45) is 4.99 Å². The van der Waals surface area contributed by atoms with Gasteiger partial charge >= 0.3 is 0 Å². The minimum atomic E-state index is -2.07. The van der Waals surface area contributed by atoms with E-state index in [0.29, 0.717) is 16.9 Å². The molecule has 0 radical (unpaired) electrons. The van der Waals surface area contributed by atoms with Crippen LogP contribution in [0, 0.1) is 0 Å². The first-order valence-electron chi connectivity index (χ1n) is 7.97. The number of hydrogen-bond acceptors (Lipinski definition) is 3. The summed E-state index contributed by atoms with van der Waals surface area (Å²) < 4.78 is 5.86. The topological polar surface area (TPSA) is 44.6 Å². The Bertz CT molecular complexity index is 922. The Balaban J connectivity index is 1.91. The molecular weight excluding hydrogens is 329 g/mol. The molecule has 1 atom stereocenters. The van der Waals surface area contributed by atoms with Crippen LogP contribution in [0.4, 0.5) is 0 Å². The van der Waals surface area contributed by atoms with Crippen molar-refractivity contribution in [3.8, 4) is 0 Å². The second-order valence-electron chi connectivity index (χ2n) is 5.56. The second-order valence-corrected chi connectivity index (χ2v) is 6.68. The van der Waals surface area contributed by atoms with Gasteiger partial charge in [-0.2, -0.15) is 0 Å². The zero-order chi connectivity index (χ0) is 17.1. The van der Waals surface area contributed by atoms with E-state index in [9.17, 15) is 4.89 Å². The molecule has 0 saturated heterocycles. The highest BCUT2D eigenvalue weighted by Crippen LogP contribution is 2.46. The zero-order valence-electron chi connectivity index (χ0n) is 13.4. The van der Waals surface area contributed by atoms with Crippen LogP contribution in [-0.4, -0.2) is 5.45 Å². The Hall–Kier alpha value is -2.74. The number of rotatable bonds is 3. The van der Waals surface area contributed by atoms with Gasteiger partial charge in [-0.3, -0.25) is 0 Å². The van der Waals surface area contributed by atoms with E-state index in [-0.39, 0.29) is 0 Å². The summed E-state index contributed by atoms with van der Waals surface area (Å²) >= 11 is 0. The van der Waals surface area contributed by atoms with E-state index >= 15 is 0 Å².